The van der Waals surface area contributed by atoms with Crippen LogP contribution in [0.3, 0.4) is 0 Å². The van der Waals surface area contributed by atoms with Gasteiger partial charge in [0.2, 0.25) is 5.91 Å². The summed E-state index contributed by atoms with van der Waals surface area (Å²) in [5.41, 5.74) is 6.40. The van der Waals surface area contributed by atoms with Gasteiger partial charge >= 0.3 is 0 Å². The number of aromatic nitrogens is 2. The van der Waals surface area contributed by atoms with E-state index in [9.17, 15) is 14.0 Å². The van der Waals surface area contributed by atoms with Gasteiger partial charge in [0.25, 0.3) is 5.91 Å². The van der Waals surface area contributed by atoms with Gasteiger partial charge in [-0.05, 0) is 50.0 Å². The standard InChI is InChI=1S/C22H29ClFN5O2/c1-22(2,3)11-16(19(25)30)26-21(31)18-17-12-28(4)8-5-9-29(17)20(27-18)14-10-13(23)6-7-15(14)24/h6-7,10,16H,5,8-9,11-12H2,1-4H3,(H2,25,30)(H,26,31). The Labute approximate surface area is 186 Å². The number of fused-ring (bicyclic) bond motifs is 1. The largest absolute Gasteiger partial charge is 0.368 e. The maximum atomic E-state index is 14.6. The van der Waals surface area contributed by atoms with Crippen LogP contribution in [-0.2, 0) is 17.9 Å². The highest BCUT2D eigenvalue weighted by molar-refractivity contribution is 6.30. The Morgan fingerprint density at radius 1 is 1.32 bits per heavy atom. The second-order valence-corrected chi connectivity index (χ2v) is 9.73. The lowest BCUT2D eigenvalue weighted by atomic mass is 9.88. The van der Waals surface area contributed by atoms with E-state index in [4.69, 9.17) is 17.3 Å². The quantitative estimate of drug-likeness (QED) is 0.733. The van der Waals surface area contributed by atoms with Crippen molar-refractivity contribution < 1.29 is 14.0 Å². The number of nitrogens with zero attached hydrogens (tertiary/aromatic N) is 3. The highest BCUT2D eigenvalue weighted by Gasteiger charge is 2.30. The number of hydrogen-bond donors (Lipinski definition) is 2. The molecule has 1 unspecified atom stereocenters. The molecule has 1 aliphatic heterocycles. The normalized spacial score (nSPS) is 15.8. The number of imidazole rings is 1. The maximum absolute atomic E-state index is 14.6. The minimum atomic E-state index is -0.834. The van der Waals surface area contributed by atoms with Crippen LogP contribution in [0.5, 0.6) is 0 Å². The molecule has 1 aromatic heterocycles. The first-order chi connectivity index (χ1) is 14.5. The minimum Gasteiger partial charge on any atom is -0.368 e. The molecule has 0 bridgehead atoms. The van der Waals surface area contributed by atoms with Gasteiger partial charge in [0.05, 0.1) is 11.3 Å². The Hall–Kier alpha value is -2.45. The summed E-state index contributed by atoms with van der Waals surface area (Å²) in [6, 6.07) is 3.43. The van der Waals surface area contributed by atoms with Crippen molar-refractivity contribution in [2.45, 2.75) is 52.7 Å². The fourth-order valence-electron chi connectivity index (χ4n) is 3.84. The number of primary amides is 1. The molecule has 0 saturated carbocycles. The Morgan fingerprint density at radius 2 is 2.03 bits per heavy atom. The molecule has 3 rings (SSSR count). The Balaban J connectivity index is 2.05. The number of halogens is 2. The molecule has 7 nitrogen and oxygen atoms in total. The van der Waals surface area contributed by atoms with E-state index in [1.165, 1.54) is 18.2 Å². The third kappa shape index (κ3) is 5.43. The van der Waals surface area contributed by atoms with Crippen LogP contribution < -0.4 is 11.1 Å². The number of benzene rings is 1. The Kier molecular flexibility index (Phi) is 6.71. The van der Waals surface area contributed by atoms with Crippen LogP contribution >= 0.6 is 11.6 Å². The van der Waals surface area contributed by atoms with Crippen LogP contribution in [0.25, 0.3) is 11.4 Å². The number of nitrogens with two attached hydrogens (primary N) is 1. The van der Waals surface area contributed by atoms with Gasteiger partial charge in [-0.1, -0.05) is 32.4 Å². The van der Waals surface area contributed by atoms with Gasteiger partial charge in [0.15, 0.2) is 5.69 Å². The van der Waals surface area contributed by atoms with Crippen LogP contribution in [0.2, 0.25) is 5.02 Å². The molecule has 1 aliphatic rings. The summed E-state index contributed by atoms with van der Waals surface area (Å²) in [4.78, 5) is 31.8. The molecule has 3 N–H and O–H groups in total. The van der Waals surface area contributed by atoms with Crippen molar-refractivity contribution in [2.75, 3.05) is 13.6 Å². The fraction of sp³-hybridized carbons (Fsp3) is 0.500. The molecule has 0 aliphatic carbocycles. The lowest BCUT2D eigenvalue weighted by Gasteiger charge is -2.24. The van der Waals surface area contributed by atoms with E-state index in [2.05, 4.69) is 15.2 Å². The third-order valence-electron chi connectivity index (χ3n) is 5.26. The van der Waals surface area contributed by atoms with Crippen molar-refractivity contribution >= 4 is 23.4 Å². The summed E-state index contributed by atoms with van der Waals surface area (Å²) in [6.07, 6.45) is 1.21. The number of amides is 2. The van der Waals surface area contributed by atoms with Crippen LogP contribution in [0, 0.1) is 11.2 Å². The van der Waals surface area contributed by atoms with Gasteiger partial charge in [0, 0.05) is 18.1 Å². The molecule has 31 heavy (non-hydrogen) atoms. The maximum Gasteiger partial charge on any atom is 0.272 e. The monoisotopic (exact) mass is 449 g/mol. The SMILES string of the molecule is CN1CCCn2c(-c3cc(Cl)ccc3F)nc(C(=O)NC(CC(C)(C)C)C(N)=O)c2C1. The van der Waals surface area contributed by atoms with E-state index in [0.717, 1.165) is 13.0 Å². The first kappa shape index (κ1) is 23.2. The molecule has 9 heteroatoms. The molecule has 0 saturated heterocycles. The van der Waals surface area contributed by atoms with Crippen LogP contribution in [0.1, 0.15) is 49.8 Å². The number of carbonyl (C=O) groups excluding carboxylic acids is 2. The predicted octanol–water partition coefficient (Wildman–Crippen LogP) is 3.20. The van der Waals surface area contributed by atoms with Crippen LogP contribution in [0.4, 0.5) is 4.39 Å². The van der Waals surface area contributed by atoms with Gasteiger partial charge in [-0.15, -0.1) is 0 Å². The fourth-order valence-corrected chi connectivity index (χ4v) is 4.01. The summed E-state index contributed by atoms with van der Waals surface area (Å²) in [6.45, 7) is 7.78. The molecular formula is C22H29ClFN5O2. The molecule has 0 fully saturated rings. The number of rotatable bonds is 5. The second-order valence-electron chi connectivity index (χ2n) is 9.29. The minimum absolute atomic E-state index is 0.170. The lowest BCUT2D eigenvalue weighted by Crippen LogP contribution is -2.46. The van der Waals surface area contributed by atoms with E-state index in [1.807, 2.05) is 32.4 Å². The molecular weight excluding hydrogens is 421 g/mol. The first-order valence-corrected chi connectivity index (χ1v) is 10.7. The number of nitrogens with one attached hydrogen (secondary N) is 1. The zero-order valence-electron chi connectivity index (χ0n) is 18.3. The van der Waals surface area contributed by atoms with Crippen LogP contribution in [0.15, 0.2) is 18.2 Å². The summed E-state index contributed by atoms with van der Waals surface area (Å²) in [5.74, 6) is -1.22. The molecule has 1 atom stereocenters. The average Bonchev–Trinajstić information content (AvgIpc) is 2.88. The van der Waals surface area contributed by atoms with Crippen molar-refractivity contribution in [3.63, 3.8) is 0 Å². The van der Waals surface area contributed by atoms with Crippen molar-refractivity contribution in [1.82, 2.24) is 19.8 Å². The molecule has 2 amide bonds. The van der Waals surface area contributed by atoms with Gasteiger partial charge in [-0.2, -0.15) is 0 Å². The average molecular weight is 450 g/mol. The summed E-state index contributed by atoms with van der Waals surface area (Å²) < 4.78 is 16.5. The van der Waals surface area contributed by atoms with Crippen molar-refractivity contribution in [2.24, 2.45) is 11.1 Å². The van der Waals surface area contributed by atoms with Gasteiger partial charge < -0.3 is 20.5 Å². The number of carbonyl (C=O) groups is 2. The van der Waals surface area contributed by atoms with Crippen LogP contribution in [-0.4, -0.2) is 45.9 Å². The predicted molar refractivity (Wildman–Crippen MR) is 118 cm³/mol. The van der Waals surface area contributed by atoms with E-state index >= 15 is 0 Å². The zero-order valence-corrected chi connectivity index (χ0v) is 19.1. The number of hydrogen-bond acceptors (Lipinski definition) is 4. The Bertz CT molecular complexity index is 999. The molecule has 2 aromatic rings. The first-order valence-electron chi connectivity index (χ1n) is 10.3. The Morgan fingerprint density at radius 3 is 2.68 bits per heavy atom. The van der Waals surface area contributed by atoms with E-state index < -0.39 is 23.7 Å². The van der Waals surface area contributed by atoms with Gasteiger partial charge in [-0.3, -0.25) is 9.59 Å². The van der Waals surface area contributed by atoms with Gasteiger partial charge in [-0.25, -0.2) is 9.37 Å². The topological polar surface area (TPSA) is 93.2 Å². The van der Waals surface area contributed by atoms with Crippen molar-refractivity contribution in [3.05, 3.63) is 40.4 Å². The van der Waals surface area contributed by atoms with Gasteiger partial charge in [0.1, 0.15) is 17.7 Å². The highest BCUT2D eigenvalue weighted by atomic mass is 35.5. The summed E-state index contributed by atoms with van der Waals surface area (Å²) >= 11 is 6.10. The van der Waals surface area contributed by atoms with E-state index in [1.54, 1.807) is 0 Å². The van der Waals surface area contributed by atoms with E-state index in [0.29, 0.717) is 36.1 Å². The molecule has 1 aromatic carbocycles. The highest BCUT2D eigenvalue weighted by Crippen LogP contribution is 2.30. The summed E-state index contributed by atoms with van der Waals surface area (Å²) in [5, 5.41) is 3.12. The van der Waals surface area contributed by atoms with Crippen molar-refractivity contribution in [3.8, 4) is 11.4 Å². The molecule has 0 radical (unpaired) electrons. The molecule has 0 spiro atoms. The zero-order chi connectivity index (χ0) is 22.9. The van der Waals surface area contributed by atoms with Crippen molar-refractivity contribution in [1.29, 1.82) is 0 Å². The van der Waals surface area contributed by atoms with E-state index in [-0.39, 0.29) is 16.7 Å². The molecule has 168 valence electrons. The lowest BCUT2D eigenvalue weighted by molar-refractivity contribution is -0.120. The summed E-state index contributed by atoms with van der Waals surface area (Å²) in [7, 11) is 1.95. The smallest absolute Gasteiger partial charge is 0.272 e. The second kappa shape index (κ2) is 8.96. The third-order valence-corrected chi connectivity index (χ3v) is 5.50. The molecule has 2 heterocycles.